The van der Waals surface area contributed by atoms with E-state index in [2.05, 4.69) is 10.5 Å². The standard InChI is InChI=1S/C23H19N3O7/c1-31-18-8-4-16(5-9-18)22(27)25-24-14-15-3-12-21(20(13-15)26(29)30)33-23(28)17-6-10-19(32-2)11-7-17/h3-14H,1-2H3,(H,25,27)/b24-14+. The van der Waals surface area contributed by atoms with E-state index in [0.717, 1.165) is 0 Å². The van der Waals surface area contributed by atoms with Crippen LogP contribution in [0.15, 0.2) is 71.8 Å². The molecule has 1 amide bonds. The lowest BCUT2D eigenvalue weighted by molar-refractivity contribution is -0.385. The van der Waals surface area contributed by atoms with E-state index in [0.29, 0.717) is 22.6 Å². The molecule has 0 saturated heterocycles. The third kappa shape index (κ3) is 5.91. The molecule has 0 spiro atoms. The second-order valence-corrected chi connectivity index (χ2v) is 6.53. The Balaban J connectivity index is 1.70. The van der Waals surface area contributed by atoms with Gasteiger partial charge in [0.2, 0.25) is 5.75 Å². The highest BCUT2D eigenvalue weighted by Gasteiger charge is 2.19. The van der Waals surface area contributed by atoms with Crippen molar-refractivity contribution in [2.45, 2.75) is 0 Å². The quantitative estimate of drug-likeness (QED) is 0.183. The molecule has 0 atom stereocenters. The molecule has 0 saturated carbocycles. The lowest BCUT2D eigenvalue weighted by atomic mass is 10.2. The fourth-order valence-corrected chi connectivity index (χ4v) is 2.70. The van der Waals surface area contributed by atoms with Gasteiger partial charge < -0.3 is 14.2 Å². The van der Waals surface area contributed by atoms with E-state index in [1.54, 1.807) is 36.4 Å². The first kappa shape index (κ1) is 22.9. The number of nitro benzene ring substituents is 1. The summed E-state index contributed by atoms with van der Waals surface area (Å²) in [6, 6.07) is 16.5. The molecule has 0 fully saturated rings. The van der Waals surface area contributed by atoms with E-state index in [4.69, 9.17) is 14.2 Å². The van der Waals surface area contributed by atoms with Crippen LogP contribution in [0.25, 0.3) is 0 Å². The lowest BCUT2D eigenvalue weighted by Gasteiger charge is -2.06. The highest BCUT2D eigenvalue weighted by Crippen LogP contribution is 2.28. The number of nitro groups is 1. The Morgan fingerprint density at radius 3 is 2.03 bits per heavy atom. The number of rotatable bonds is 8. The van der Waals surface area contributed by atoms with E-state index >= 15 is 0 Å². The number of ether oxygens (including phenoxy) is 3. The normalized spacial score (nSPS) is 10.5. The zero-order valence-corrected chi connectivity index (χ0v) is 17.7. The summed E-state index contributed by atoms with van der Waals surface area (Å²) in [5, 5.41) is 15.3. The number of benzene rings is 3. The molecule has 0 aliphatic carbocycles. The zero-order chi connectivity index (χ0) is 23.8. The van der Waals surface area contributed by atoms with Crippen molar-refractivity contribution in [1.82, 2.24) is 5.43 Å². The van der Waals surface area contributed by atoms with E-state index in [-0.39, 0.29) is 11.3 Å². The summed E-state index contributed by atoms with van der Waals surface area (Å²) in [7, 11) is 3.01. The number of methoxy groups -OCH3 is 2. The Hall–Kier alpha value is -4.73. The van der Waals surface area contributed by atoms with Crippen LogP contribution in [-0.4, -0.2) is 37.2 Å². The van der Waals surface area contributed by atoms with E-state index < -0.39 is 22.5 Å². The predicted molar refractivity (Wildman–Crippen MR) is 119 cm³/mol. The summed E-state index contributed by atoms with van der Waals surface area (Å²) in [5.74, 6) is -0.280. The van der Waals surface area contributed by atoms with Gasteiger partial charge in [-0.1, -0.05) is 0 Å². The Morgan fingerprint density at radius 1 is 0.909 bits per heavy atom. The molecule has 0 aromatic heterocycles. The smallest absolute Gasteiger partial charge is 0.343 e. The van der Waals surface area contributed by atoms with Gasteiger partial charge in [-0.3, -0.25) is 14.9 Å². The van der Waals surface area contributed by atoms with Crippen LogP contribution < -0.4 is 19.6 Å². The fraction of sp³-hybridized carbons (Fsp3) is 0.0870. The number of hydrogen-bond acceptors (Lipinski definition) is 8. The van der Waals surface area contributed by atoms with Crippen LogP contribution in [0.3, 0.4) is 0 Å². The number of carbonyl (C=O) groups is 2. The molecule has 0 unspecified atom stereocenters. The predicted octanol–water partition coefficient (Wildman–Crippen LogP) is 3.60. The van der Waals surface area contributed by atoms with Crippen molar-refractivity contribution in [3.05, 3.63) is 93.5 Å². The monoisotopic (exact) mass is 449 g/mol. The number of amides is 1. The van der Waals surface area contributed by atoms with Gasteiger partial charge in [0.1, 0.15) is 11.5 Å². The molecule has 0 aliphatic rings. The van der Waals surface area contributed by atoms with Crippen molar-refractivity contribution in [2.24, 2.45) is 5.10 Å². The Labute approximate surface area is 188 Å². The Bertz CT molecular complexity index is 1190. The van der Waals surface area contributed by atoms with Crippen LogP contribution in [-0.2, 0) is 0 Å². The van der Waals surface area contributed by atoms with Crippen LogP contribution >= 0.6 is 0 Å². The molecule has 0 heterocycles. The average molecular weight is 449 g/mol. The van der Waals surface area contributed by atoms with E-state index in [9.17, 15) is 19.7 Å². The van der Waals surface area contributed by atoms with Gasteiger partial charge in [0.25, 0.3) is 5.91 Å². The van der Waals surface area contributed by atoms with Crippen LogP contribution in [0.4, 0.5) is 5.69 Å². The molecule has 3 rings (SSSR count). The second kappa shape index (κ2) is 10.5. The number of carbonyl (C=O) groups excluding carboxylic acids is 2. The summed E-state index contributed by atoms with van der Waals surface area (Å²) >= 11 is 0. The van der Waals surface area contributed by atoms with Gasteiger partial charge in [0.05, 0.1) is 30.9 Å². The maximum absolute atomic E-state index is 12.3. The van der Waals surface area contributed by atoms with Crippen molar-refractivity contribution in [3.8, 4) is 17.2 Å². The summed E-state index contributed by atoms with van der Waals surface area (Å²) in [6.45, 7) is 0. The molecule has 168 valence electrons. The van der Waals surface area contributed by atoms with E-state index in [1.165, 1.54) is 50.8 Å². The molecule has 10 nitrogen and oxygen atoms in total. The number of nitrogens with zero attached hydrogens (tertiary/aromatic N) is 2. The molecule has 3 aromatic rings. The van der Waals surface area contributed by atoms with Gasteiger partial charge in [-0.05, 0) is 60.7 Å². The minimum atomic E-state index is -0.756. The zero-order valence-electron chi connectivity index (χ0n) is 17.7. The lowest BCUT2D eigenvalue weighted by Crippen LogP contribution is -2.17. The number of nitrogens with one attached hydrogen (secondary N) is 1. The molecule has 0 bridgehead atoms. The number of esters is 1. The molecular weight excluding hydrogens is 430 g/mol. The minimum absolute atomic E-state index is 0.206. The molecule has 33 heavy (non-hydrogen) atoms. The third-order valence-electron chi connectivity index (χ3n) is 4.44. The topological polar surface area (TPSA) is 129 Å². The molecule has 10 heteroatoms. The molecule has 3 aromatic carbocycles. The average Bonchev–Trinajstić information content (AvgIpc) is 2.84. The molecular formula is C23H19N3O7. The first-order chi connectivity index (χ1) is 15.9. The van der Waals surface area contributed by atoms with Gasteiger partial charge in [0.15, 0.2) is 0 Å². The Morgan fingerprint density at radius 2 is 1.48 bits per heavy atom. The maximum atomic E-state index is 12.3. The second-order valence-electron chi connectivity index (χ2n) is 6.53. The van der Waals surface area contributed by atoms with Crippen LogP contribution in [0, 0.1) is 10.1 Å². The van der Waals surface area contributed by atoms with Crippen molar-refractivity contribution in [3.63, 3.8) is 0 Å². The summed E-state index contributed by atoms with van der Waals surface area (Å²) in [6.07, 6.45) is 1.24. The molecule has 1 N–H and O–H groups in total. The summed E-state index contributed by atoms with van der Waals surface area (Å²) in [4.78, 5) is 35.2. The van der Waals surface area contributed by atoms with Crippen LogP contribution in [0.1, 0.15) is 26.3 Å². The van der Waals surface area contributed by atoms with Gasteiger partial charge in [-0.15, -0.1) is 0 Å². The van der Waals surface area contributed by atoms with Crippen molar-refractivity contribution in [2.75, 3.05) is 14.2 Å². The molecule has 0 aliphatic heterocycles. The van der Waals surface area contributed by atoms with Crippen molar-refractivity contribution in [1.29, 1.82) is 0 Å². The number of hydrazone groups is 1. The van der Waals surface area contributed by atoms with Crippen LogP contribution in [0.2, 0.25) is 0 Å². The van der Waals surface area contributed by atoms with Crippen molar-refractivity contribution < 1.29 is 28.7 Å². The van der Waals surface area contributed by atoms with Gasteiger partial charge in [-0.2, -0.15) is 5.10 Å². The van der Waals surface area contributed by atoms with E-state index in [1.807, 2.05) is 0 Å². The van der Waals surface area contributed by atoms with Gasteiger partial charge in [-0.25, -0.2) is 10.2 Å². The summed E-state index contributed by atoms with van der Waals surface area (Å²) in [5.41, 5.74) is 2.79. The molecule has 0 radical (unpaired) electrons. The third-order valence-corrected chi connectivity index (χ3v) is 4.44. The van der Waals surface area contributed by atoms with Crippen molar-refractivity contribution >= 4 is 23.8 Å². The summed E-state index contributed by atoms with van der Waals surface area (Å²) < 4.78 is 15.3. The largest absolute Gasteiger partial charge is 0.497 e. The van der Waals surface area contributed by atoms with Gasteiger partial charge >= 0.3 is 11.7 Å². The highest BCUT2D eigenvalue weighted by atomic mass is 16.6. The van der Waals surface area contributed by atoms with Gasteiger partial charge in [0, 0.05) is 17.2 Å². The maximum Gasteiger partial charge on any atom is 0.343 e. The minimum Gasteiger partial charge on any atom is -0.497 e. The Kier molecular flexibility index (Phi) is 7.32. The highest BCUT2D eigenvalue weighted by molar-refractivity contribution is 5.95. The first-order valence-electron chi connectivity index (χ1n) is 9.53. The first-order valence-corrected chi connectivity index (χ1v) is 9.53. The SMILES string of the molecule is COc1ccc(C(=O)N/N=C/c2ccc(OC(=O)c3ccc(OC)cc3)c([N+](=O)[O-])c2)cc1. The fourth-order valence-electron chi connectivity index (χ4n) is 2.70. The number of hydrogen-bond donors (Lipinski definition) is 1. The van der Waals surface area contributed by atoms with Crippen LogP contribution in [0.5, 0.6) is 17.2 Å².